The molecule has 0 amide bonds. The van der Waals surface area contributed by atoms with Gasteiger partial charge in [-0.2, -0.15) is 9.78 Å². The summed E-state index contributed by atoms with van der Waals surface area (Å²) >= 11 is 6.94. The fourth-order valence-electron chi connectivity index (χ4n) is 2.72. The van der Waals surface area contributed by atoms with Crippen molar-refractivity contribution in [2.24, 2.45) is 5.10 Å². The molecule has 152 valence electrons. The van der Waals surface area contributed by atoms with Gasteiger partial charge in [-0.15, -0.1) is 0 Å². The number of benzene rings is 2. The van der Waals surface area contributed by atoms with Crippen molar-refractivity contribution in [3.63, 3.8) is 0 Å². The van der Waals surface area contributed by atoms with Gasteiger partial charge in [0.15, 0.2) is 11.5 Å². The molecule has 0 N–H and O–H groups in total. The molecule has 8 heteroatoms. The minimum absolute atomic E-state index is 0.0690. The fourth-order valence-corrected chi connectivity index (χ4v) is 3.50. The fraction of sp³-hybridized carbons (Fsp3) is 0.286. The summed E-state index contributed by atoms with van der Waals surface area (Å²) in [5, 5.41) is 4.87. The predicted molar refractivity (Wildman–Crippen MR) is 123 cm³/mol. The Morgan fingerprint density at radius 2 is 2.00 bits per heavy atom. The minimum atomic E-state index is -0.232. The molecule has 0 unspecified atom stereocenters. The van der Waals surface area contributed by atoms with Gasteiger partial charge in [0.05, 0.1) is 30.3 Å². The van der Waals surface area contributed by atoms with Crippen LogP contribution in [0, 0.1) is 6.92 Å². The molecule has 29 heavy (non-hydrogen) atoms. The van der Waals surface area contributed by atoms with Crippen LogP contribution < -0.4 is 15.0 Å². The summed E-state index contributed by atoms with van der Waals surface area (Å²) in [5.41, 5.74) is 1.15. The zero-order chi connectivity index (χ0) is 21.1. The molecule has 1 atom stereocenters. The lowest BCUT2D eigenvalue weighted by Crippen LogP contribution is -2.20. The van der Waals surface area contributed by atoms with Crippen LogP contribution in [0.1, 0.15) is 31.7 Å². The minimum Gasteiger partial charge on any atom is -0.493 e. The van der Waals surface area contributed by atoms with Gasteiger partial charge in [0, 0.05) is 14.5 Å². The monoisotopic (exact) mass is 521 g/mol. The van der Waals surface area contributed by atoms with E-state index >= 15 is 0 Å². The average molecular weight is 523 g/mol. The van der Waals surface area contributed by atoms with E-state index in [0.29, 0.717) is 28.2 Å². The molecule has 1 heterocycles. The number of ether oxygens (including phenoxy) is 2. The molecule has 3 rings (SSSR count). The Morgan fingerprint density at radius 1 is 1.24 bits per heavy atom. The first kappa shape index (κ1) is 21.5. The van der Waals surface area contributed by atoms with Crippen molar-refractivity contribution in [1.82, 2.24) is 9.66 Å². The molecule has 0 bridgehead atoms. The van der Waals surface area contributed by atoms with E-state index in [9.17, 15) is 4.79 Å². The van der Waals surface area contributed by atoms with Crippen LogP contribution in [0.3, 0.4) is 0 Å². The first-order valence-corrected chi connectivity index (χ1v) is 10.7. The van der Waals surface area contributed by atoms with Gasteiger partial charge in [0.1, 0.15) is 5.82 Å². The Labute approximate surface area is 185 Å². The topological polar surface area (TPSA) is 65.7 Å². The number of fused-ring (bicyclic) bond motifs is 1. The summed E-state index contributed by atoms with van der Waals surface area (Å²) in [7, 11) is 1.59. The largest absolute Gasteiger partial charge is 0.493 e. The van der Waals surface area contributed by atoms with E-state index in [0.717, 1.165) is 20.9 Å². The SMILES string of the molecule is CC[C@@H](C)Oc1cc(Br)c(C=Nn2c(C)nc3ccc(Br)cc3c2=O)cc1OC. The number of aryl methyl sites for hydroxylation is 1. The average Bonchev–Trinajstić information content (AvgIpc) is 2.69. The van der Waals surface area contributed by atoms with Crippen molar-refractivity contribution in [3.05, 3.63) is 61.0 Å². The maximum Gasteiger partial charge on any atom is 0.282 e. The normalized spacial score (nSPS) is 12.5. The highest BCUT2D eigenvalue weighted by Gasteiger charge is 2.13. The van der Waals surface area contributed by atoms with Crippen molar-refractivity contribution in [3.8, 4) is 11.5 Å². The van der Waals surface area contributed by atoms with Crippen LogP contribution in [0.25, 0.3) is 10.9 Å². The highest BCUT2D eigenvalue weighted by atomic mass is 79.9. The Bertz CT molecular complexity index is 1140. The third kappa shape index (κ3) is 4.70. The molecule has 0 aliphatic rings. The smallest absolute Gasteiger partial charge is 0.282 e. The number of aromatic nitrogens is 2. The van der Waals surface area contributed by atoms with E-state index in [1.165, 1.54) is 4.68 Å². The second-order valence-electron chi connectivity index (χ2n) is 6.54. The zero-order valence-corrected chi connectivity index (χ0v) is 19.7. The molecule has 0 saturated heterocycles. The van der Waals surface area contributed by atoms with Gasteiger partial charge < -0.3 is 9.47 Å². The van der Waals surface area contributed by atoms with Crippen LogP contribution in [-0.4, -0.2) is 29.1 Å². The van der Waals surface area contributed by atoms with Crippen LogP contribution in [0.2, 0.25) is 0 Å². The number of hydrogen-bond donors (Lipinski definition) is 0. The van der Waals surface area contributed by atoms with Gasteiger partial charge in [-0.05, 0) is 66.5 Å². The molecular formula is C21H21Br2N3O3. The van der Waals surface area contributed by atoms with Crippen LogP contribution in [0.5, 0.6) is 11.5 Å². The van der Waals surface area contributed by atoms with Crippen molar-refractivity contribution in [1.29, 1.82) is 0 Å². The molecule has 0 spiro atoms. The quantitative estimate of drug-likeness (QED) is 0.412. The standard InChI is InChI=1S/C21H21Br2N3O3/c1-5-12(2)29-20-10-17(23)14(8-19(20)28-4)11-24-26-13(3)25-18-7-6-15(22)9-16(18)21(26)27/h6-12H,5H2,1-4H3/t12-/m1/s1. The third-order valence-corrected chi connectivity index (χ3v) is 5.65. The van der Waals surface area contributed by atoms with E-state index in [1.807, 2.05) is 25.1 Å². The highest BCUT2D eigenvalue weighted by Crippen LogP contribution is 2.34. The first-order chi connectivity index (χ1) is 13.8. The summed E-state index contributed by atoms with van der Waals surface area (Å²) in [6.45, 7) is 5.81. The number of halogens is 2. The molecule has 3 aromatic rings. The third-order valence-electron chi connectivity index (χ3n) is 4.47. The van der Waals surface area contributed by atoms with E-state index < -0.39 is 0 Å². The summed E-state index contributed by atoms with van der Waals surface area (Å²) in [6, 6.07) is 9.07. The van der Waals surface area contributed by atoms with E-state index in [1.54, 1.807) is 32.4 Å². The summed E-state index contributed by atoms with van der Waals surface area (Å²) in [5.74, 6) is 1.75. The molecule has 0 saturated carbocycles. The van der Waals surface area contributed by atoms with E-state index in [-0.39, 0.29) is 11.7 Å². The summed E-state index contributed by atoms with van der Waals surface area (Å²) in [4.78, 5) is 17.3. The van der Waals surface area contributed by atoms with E-state index in [2.05, 4.69) is 48.9 Å². The van der Waals surface area contributed by atoms with Crippen molar-refractivity contribution in [2.45, 2.75) is 33.3 Å². The van der Waals surface area contributed by atoms with Crippen molar-refractivity contribution < 1.29 is 9.47 Å². The lowest BCUT2D eigenvalue weighted by Gasteiger charge is -2.16. The van der Waals surface area contributed by atoms with Crippen LogP contribution in [-0.2, 0) is 0 Å². The predicted octanol–water partition coefficient (Wildman–Crippen LogP) is 5.30. The van der Waals surface area contributed by atoms with Gasteiger partial charge in [-0.25, -0.2) is 4.98 Å². The number of nitrogens with zero attached hydrogens (tertiary/aromatic N) is 3. The number of hydrogen-bond acceptors (Lipinski definition) is 5. The molecule has 0 aliphatic heterocycles. The van der Waals surface area contributed by atoms with Gasteiger partial charge >= 0.3 is 0 Å². The lowest BCUT2D eigenvalue weighted by atomic mass is 10.2. The maximum atomic E-state index is 12.9. The van der Waals surface area contributed by atoms with Crippen molar-refractivity contribution >= 4 is 49.0 Å². The van der Waals surface area contributed by atoms with Gasteiger partial charge in [-0.3, -0.25) is 4.79 Å². The Kier molecular flexibility index (Phi) is 6.74. The molecule has 0 radical (unpaired) electrons. The molecule has 1 aromatic heterocycles. The summed E-state index contributed by atoms with van der Waals surface area (Å²) in [6.07, 6.45) is 2.55. The molecule has 6 nitrogen and oxygen atoms in total. The zero-order valence-electron chi connectivity index (χ0n) is 16.6. The molecule has 0 aliphatic carbocycles. The van der Waals surface area contributed by atoms with E-state index in [4.69, 9.17) is 9.47 Å². The summed E-state index contributed by atoms with van der Waals surface area (Å²) < 4.78 is 14.3. The van der Waals surface area contributed by atoms with Gasteiger partial charge in [0.2, 0.25) is 0 Å². The highest BCUT2D eigenvalue weighted by molar-refractivity contribution is 9.10. The van der Waals surface area contributed by atoms with Crippen LogP contribution in [0.4, 0.5) is 0 Å². The van der Waals surface area contributed by atoms with Crippen LogP contribution in [0.15, 0.2) is 49.2 Å². The number of methoxy groups -OCH3 is 1. The lowest BCUT2D eigenvalue weighted by molar-refractivity contribution is 0.207. The molecule has 0 fully saturated rings. The second-order valence-corrected chi connectivity index (χ2v) is 8.31. The number of rotatable bonds is 6. The van der Waals surface area contributed by atoms with Crippen LogP contribution >= 0.6 is 31.9 Å². The van der Waals surface area contributed by atoms with Gasteiger partial charge in [-0.1, -0.05) is 22.9 Å². The maximum absolute atomic E-state index is 12.9. The second kappa shape index (κ2) is 9.09. The first-order valence-electron chi connectivity index (χ1n) is 9.11. The molecule has 2 aromatic carbocycles. The Balaban J connectivity index is 2.03. The van der Waals surface area contributed by atoms with Crippen molar-refractivity contribution in [2.75, 3.05) is 7.11 Å². The van der Waals surface area contributed by atoms with Gasteiger partial charge in [0.25, 0.3) is 5.56 Å². The molecular weight excluding hydrogens is 502 g/mol. The Morgan fingerprint density at radius 3 is 2.69 bits per heavy atom. The Hall–Kier alpha value is -2.19.